The van der Waals surface area contributed by atoms with Crippen molar-refractivity contribution < 1.29 is 11.6 Å². The Morgan fingerprint density at radius 1 is 1.43 bits per heavy atom. The Morgan fingerprint density at radius 2 is 2.38 bits per heavy atom. The molecule has 3 aliphatic rings. The largest absolute Gasteiger partial charge is 0.494 e. The summed E-state index contributed by atoms with van der Waals surface area (Å²) in [5.74, 6) is 0.943. The van der Waals surface area contributed by atoms with Crippen molar-refractivity contribution in [3.05, 3.63) is 29.3 Å². The fourth-order valence-corrected chi connectivity index (χ4v) is 5.17. The minimum atomic E-state index is -2.03. The van der Waals surface area contributed by atoms with Gasteiger partial charge in [0, 0.05) is 15.6 Å². The van der Waals surface area contributed by atoms with E-state index in [1.165, 1.54) is 30.9 Å². The molecule has 1 unspecified atom stereocenters. The first-order chi connectivity index (χ1) is 12.1. The van der Waals surface area contributed by atoms with Crippen LogP contribution in [0.5, 0.6) is 5.75 Å². The van der Waals surface area contributed by atoms with E-state index in [2.05, 4.69) is 0 Å². The summed E-state index contributed by atoms with van der Waals surface area (Å²) in [7, 11) is 0. The van der Waals surface area contributed by atoms with E-state index in [0.29, 0.717) is 18.2 Å². The standard InChI is InChI=1S/C19H27NO/c1-3-21-15-8-7-14-12-18-16-6-4-5-9-19(16,17(14)13-15)10-11-20(18)2/h7-8,13,16,18H,3-6,9-12H2,1-2H3/t16-,18?,19-/m0/s1/i2D3,3D2. The summed E-state index contributed by atoms with van der Waals surface area (Å²) in [4.78, 5) is 1.76. The van der Waals surface area contributed by atoms with Crippen molar-refractivity contribution in [1.29, 1.82) is 0 Å². The zero-order chi connectivity index (χ0) is 18.7. The normalized spacial score (nSPS) is 39.8. The SMILES string of the molecule is [2H]C([2H])(C)Oc1ccc2c(c1)[C@]13CCCC[C@H]1C(C2)N(C([2H])([2H])[2H])CC3. The molecule has 21 heavy (non-hydrogen) atoms. The lowest BCUT2D eigenvalue weighted by molar-refractivity contribution is 0.00271. The van der Waals surface area contributed by atoms with Crippen molar-refractivity contribution in [2.75, 3.05) is 20.1 Å². The van der Waals surface area contributed by atoms with Gasteiger partial charge in [-0.15, -0.1) is 0 Å². The summed E-state index contributed by atoms with van der Waals surface area (Å²) in [6, 6.07) is 5.97. The van der Waals surface area contributed by atoms with Gasteiger partial charge in [-0.05, 0) is 75.3 Å². The fourth-order valence-electron chi connectivity index (χ4n) is 5.17. The Labute approximate surface area is 135 Å². The molecule has 0 amide bonds. The lowest BCUT2D eigenvalue weighted by Crippen LogP contribution is -2.59. The first-order valence-corrected chi connectivity index (χ1v) is 8.19. The molecule has 4 rings (SSSR count). The van der Waals surface area contributed by atoms with E-state index >= 15 is 0 Å². The highest BCUT2D eigenvalue weighted by molar-refractivity contribution is 5.45. The Kier molecular flexibility index (Phi) is 2.20. The topological polar surface area (TPSA) is 12.5 Å². The molecule has 0 aromatic heterocycles. The van der Waals surface area contributed by atoms with Crippen LogP contribution in [0.15, 0.2) is 18.2 Å². The van der Waals surface area contributed by atoms with Gasteiger partial charge in [-0.3, -0.25) is 0 Å². The van der Waals surface area contributed by atoms with Crippen molar-refractivity contribution in [3.8, 4) is 5.75 Å². The van der Waals surface area contributed by atoms with Crippen LogP contribution >= 0.6 is 0 Å². The van der Waals surface area contributed by atoms with Crippen molar-refractivity contribution in [2.24, 2.45) is 5.92 Å². The predicted molar refractivity (Wildman–Crippen MR) is 86.0 cm³/mol. The summed E-state index contributed by atoms with van der Waals surface area (Å²) in [6.45, 7) is -1.72. The summed E-state index contributed by atoms with van der Waals surface area (Å²) < 4.78 is 44.8. The molecule has 2 aliphatic carbocycles. The van der Waals surface area contributed by atoms with Gasteiger partial charge >= 0.3 is 0 Å². The Bertz CT molecular complexity index is 698. The molecular weight excluding hydrogens is 258 g/mol. The molecule has 1 saturated heterocycles. The number of benzene rings is 1. The van der Waals surface area contributed by atoms with Crippen LogP contribution in [-0.2, 0) is 11.8 Å². The van der Waals surface area contributed by atoms with E-state index in [-0.39, 0.29) is 11.5 Å². The summed E-state index contributed by atoms with van der Waals surface area (Å²) in [6.07, 6.45) is 6.15. The number of likely N-dealkylation sites (tertiary alicyclic amines) is 1. The molecule has 1 saturated carbocycles. The monoisotopic (exact) mass is 290 g/mol. The number of piperidine rings is 1. The highest BCUT2D eigenvalue weighted by Gasteiger charge is 2.53. The Morgan fingerprint density at radius 3 is 3.24 bits per heavy atom. The van der Waals surface area contributed by atoms with E-state index in [4.69, 9.17) is 11.6 Å². The van der Waals surface area contributed by atoms with Gasteiger partial charge in [0.2, 0.25) is 0 Å². The van der Waals surface area contributed by atoms with Crippen LogP contribution < -0.4 is 4.74 Å². The molecule has 0 radical (unpaired) electrons. The Hall–Kier alpha value is -1.02. The van der Waals surface area contributed by atoms with Crippen LogP contribution in [0.4, 0.5) is 0 Å². The van der Waals surface area contributed by atoms with E-state index in [0.717, 1.165) is 25.7 Å². The van der Waals surface area contributed by atoms with Crippen LogP contribution in [0, 0.1) is 5.92 Å². The molecule has 3 atom stereocenters. The van der Waals surface area contributed by atoms with E-state index < -0.39 is 13.5 Å². The van der Waals surface area contributed by atoms with Gasteiger partial charge < -0.3 is 9.64 Å². The second kappa shape index (κ2) is 5.01. The van der Waals surface area contributed by atoms with Crippen molar-refractivity contribution in [2.45, 2.75) is 56.9 Å². The number of nitrogens with zero attached hydrogens (tertiary/aromatic N) is 1. The molecule has 2 nitrogen and oxygen atoms in total. The van der Waals surface area contributed by atoms with E-state index in [1.807, 2.05) is 18.2 Å². The number of rotatable bonds is 2. The molecular formula is C19H27NO. The predicted octanol–water partition coefficient (Wildman–Crippen LogP) is 3.77. The smallest absolute Gasteiger partial charge is 0.119 e. The molecule has 1 aliphatic heterocycles. The molecule has 1 aromatic rings. The quantitative estimate of drug-likeness (QED) is 0.822. The van der Waals surface area contributed by atoms with Gasteiger partial charge in [0.25, 0.3) is 0 Å². The van der Waals surface area contributed by atoms with Crippen molar-refractivity contribution in [1.82, 2.24) is 4.90 Å². The van der Waals surface area contributed by atoms with Crippen LogP contribution in [0.25, 0.3) is 0 Å². The molecule has 2 fully saturated rings. The third-order valence-electron chi connectivity index (χ3n) is 6.03. The number of likely N-dealkylation sites (N-methyl/N-ethyl adjacent to an activating group) is 1. The lowest BCUT2D eigenvalue weighted by Gasteiger charge is -2.58. The lowest BCUT2D eigenvalue weighted by atomic mass is 9.52. The maximum atomic E-state index is 7.97. The Balaban J connectivity index is 1.78. The third kappa shape index (κ3) is 1.95. The first kappa shape index (κ1) is 9.19. The fraction of sp³-hybridized carbons (Fsp3) is 0.684. The van der Waals surface area contributed by atoms with Crippen LogP contribution in [-0.4, -0.2) is 31.0 Å². The average Bonchev–Trinajstić information content (AvgIpc) is 2.53. The second-order valence-electron chi connectivity index (χ2n) is 6.85. The summed E-state index contributed by atoms with van der Waals surface area (Å²) in [5.41, 5.74) is 2.52. The molecule has 0 N–H and O–H groups in total. The van der Waals surface area contributed by atoms with E-state index in [9.17, 15) is 0 Å². The molecule has 2 bridgehead atoms. The van der Waals surface area contributed by atoms with Gasteiger partial charge in [0.1, 0.15) is 5.75 Å². The minimum Gasteiger partial charge on any atom is -0.494 e. The molecule has 0 spiro atoms. The number of fused-ring (bicyclic) bond motifs is 1. The molecule has 114 valence electrons. The van der Waals surface area contributed by atoms with Gasteiger partial charge in [-0.25, -0.2) is 0 Å². The number of hydrogen-bond donors (Lipinski definition) is 0. The first-order valence-electron chi connectivity index (χ1n) is 10.7. The second-order valence-corrected chi connectivity index (χ2v) is 6.85. The highest BCUT2D eigenvalue weighted by Crippen LogP contribution is 2.55. The average molecular weight is 290 g/mol. The zero-order valence-corrected chi connectivity index (χ0v) is 12.7. The van der Waals surface area contributed by atoms with Crippen LogP contribution in [0.1, 0.15) is 57.0 Å². The zero-order valence-electron chi connectivity index (χ0n) is 17.7. The summed E-state index contributed by atoms with van der Waals surface area (Å²) >= 11 is 0. The molecule has 2 heteroatoms. The minimum absolute atomic E-state index is 0.0259. The van der Waals surface area contributed by atoms with Gasteiger partial charge in [-0.2, -0.15) is 0 Å². The number of hydrogen-bond acceptors (Lipinski definition) is 2. The molecule has 1 heterocycles. The van der Waals surface area contributed by atoms with Gasteiger partial charge in [-0.1, -0.05) is 18.9 Å². The van der Waals surface area contributed by atoms with Crippen molar-refractivity contribution >= 4 is 0 Å². The van der Waals surface area contributed by atoms with Crippen LogP contribution in [0.2, 0.25) is 0 Å². The van der Waals surface area contributed by atoms with Crippen molar-refractivity contribution in [3.63, 3.8) is 0 Å². The van der Waals surface area contributed by atoms with Crippen LogP contribution in [0.3, 0.4) is 0 Å². The summed E-state index contributed by atoms with van der Waals surface area (Å²) in [5, 5.41) is 0. The highest BCUT2D eigenvalue weighted by atomic mass is 16.5. The third-order valence-corrected chi connectivity index (χ3v) is 6.03. The van der Waals surface area contributed by atoms with Gasteiger partial charge in [0.15, 0.2) is 0 Å². The maximum Gasteiger partial charge on any atom is 0.119 e. The van der Waals surface area contributed by atoms with Gasteiger partial charge in [0.05, 0.1) is 9.30 Å². The maximum absolute atomic E-state index is 7.97. The van der Waals surface area contributed by atoms with E-state index in [1.54, 1.807) is 4.90 Å². The molecule has 1 aromatic carbocycles. The number of ether oxygens (including phenoxy) is 1.